The van der Waals surface area contributed by atoms with Gasteiger partial charge in [0.25, 0.3) is 0 Å². The van der Waals surface area contributed by atoms with Crippen molar-refractivity contribution in [2.45, 2.75) is 65.3 Å². The Bertz CT molecular complexity index is 754. The summed E-state index contributed by atoms with van der Waals surface area (Å²) in [6.45, 7) is 9.73. The summed E-state index contributed by atoms with van der Waals surface area (Å²) in [7, 11) is 0. The number of likely N-dealkylation sites (tertiary alicyclic amines) is 1. The molecule has 1 fully saturated rings. The first-order valence-electron chi connectivity index (χ1n) is 10.4. The van der Waals surface area contributed by atoms with Crippen molar-refractivity contribution in [2.75, 3.05) is 18.4 Å². The Hall–Kier alpha value is -2.21. The average Bonchev–Trinajstić information content (AvgIpc) is 3.13. The molecule has 0 aliphatic carbocycles. The van der Waals surface area contributed by atoms with Crippen molar-refractivity contribution in [1.82, 2.24) is 15.0 Å². The minimum atomic E-state index is 0.0150. The molecule has 0 radical (unpaired) electrons. The highest BCUT2D eigenvalue weighted by Gasteiger charge is 2.16. The zero-order valence-corrected chi connectivity index (χ0v) is 17.3. The number of rotatable bonds is 8. The maximum absolute atomic E-state index is 12.2. The zero-order valence-electron chi connectivity index (χ0n) is 17.3. The molecule has 2 heterocycles. The number of carbonyl (C=O) groups is 1. The van der Waals surface area contributed by atoms with E-state index < -0.39 is 0 Å². The molecular weight excluding hydrogens is 352 g/mol. The van der Waals surface area contributed by atoms with Crippen LogP contribution in [0.15, 0.2) is 28.8 Å². The number of piperidine rings is 1. The van der Waals surface area contributed by atoms with E-state index in [-0.39, 0.29) is 11.8 Å². The predicted octanol–water partition coefficient (Wildman–Crippen LogP) is 4.39. The van der Waals surface area contributed by atoms with Crippen molar-refractivity contribution >= 4 is 11.6 Å². The monoisotopic (exact) mass is 384 g/mol. The number of nitrogens with one attached hydrogen (secondary N) is 1. The van der Waals surface area contributed by atoms with Gasteiger partial charge in [-0.3, -0.25) is 9.69 Å². The van der Waals surface area contributed by atoms with Crippen LogP contribution in [0.3, 0.4) is 0 Å². The largest absolute Gasteiger partial charge is 0.339 e. The summed E-state index contributed by atoms with van der Waals surface area (Å²) in [6.07, 6.45) is 4.38. The number of anilines is 1. The first-order chi connectivity index (χ1) is 13.5. The first kappa shape index (κ1) is 20.5. The minimum absolute atomic E-state index is 0.0150. The van der Waals surface area contributed by atoms with Gasteiger partial charge in [0.1, 0.15) is 0 Å². The molecule has 6 heteroatoms. The summed E-state index contributed by atoms with van der Waals surface area (Å²) in [5.74, 6) is 2.38. The van der Waals surface area contributed by atoms with Gasteiger partial charge in [0.15, 0.2) is 5.82 Å². The topological polar surface area (TPSA) is 71.3 Å². The summed E-state index contributed by atoms with van der Waals surface area (Å²) in [5.41, 5.74) is 2.14. The Morgan fingerprint density at radius 3 is 2.79 bits per heavy atom. The van der Waals surface area contributed by atoms with E-state index in [1.807, 2.05) is 26.0 Å². The van der Waals surface area contributed by atoms with E-state index in [4.69, 9.17) is 4.52 Å². The molecule has 0 bridgehead atoms. The van der Waals surface area contributed by atoms with E-state index in [0.29, 0.717) is 25.2 Å². The van der Waals surface area contributed by atoms with E-state index in [9.17, 15) is 4.79 Å². The molecule has 3 rings (SSSR count). The Morgan fingerprint density at radius 2 is 2.11 bits per heavy atom. The Kier molecular flexibility index (Phi) is 7.20. The summed E-state index contributed by atoms with van der Waals surface area (Å²) < 4.78 is 5.21. The predicted molar refractivity (Wildman–Crippen MR) is 110 cm³/mol. The van der Waals surface area contributed by atoms with Crippen molar-refractivity contribution < 1.29 is 9.32 Å². The van der Waals surface area contributed by atoms with Crippen LogP contribution >= 0.6 is 0 Å². The third-order valence-corrected chi connectivity index (χ3v) is 5.18. The summed E-state index contributed by atoms with van der Waals surface area (Å²) in [5, 5.41) is 6.92. The third-order valence-electron chi connectivity index (χ3n) is 5.18. The number of carbonyl (C=O) groups excluding carboxylic acids is 1. The fourth-order valence-electron chi connectivity index (χ4n) is 3.61. The lowest BCUT2D eigenvalue weighted by Gasteiger charge is -2.30. The Labute approximate surface area is 167 Å². The van der Waals surface area contributed by atoms with Crippen molar-refractivity contribution in [2.24, 2.45) is 5.92 Å². The normalized spacial score (nSPS) is 17.8. The number of amides is 1. The smallest absolute Gasteiger partial charge is 0.226 e. The number of aryl methyl sites for hydroxylation is 1. The quantitative estimate of drug-likeness (QED) is 0.731. The fourth-order valence-corrected chi connectivity index (χ4v) is 3.61. The zero-order chi connectivity index (χ0) is 19.9. The second kappa shape index (κ2) is 9.82. The van der Waals surface area contributed by atoms with Crippen LogP contribution in [0.1, 0.15) is 69.7 Å². The molecule has 1 aliphatic rings. The minimum Gasteiger partial charge on any atom is -0.339 e. The van der Waals surface area contributed by atoms with Crippen LogP contribution in [0.4, 0.5) is 5.69 Å². The molecule has 1 saturated heterocycles. The molecular formula is C22H32N4O2. The second-order valence-electron chi connectivity index (χ2n) is 8.28. The molecule has 1 aromatic heterocycles. The van der Waals surface area contributed by atoms with Gasteiger partial charge < -0.3 is 9.84 Å². The van der Waals surface area contributed by atoms with Gasteiger partial charge in [-0.05, 0) is 49.4 Å². The lowest BCUT2D eigenvalue weighted by molar-refractivity contribution is -0.116. The van der Waals surface area contributed by atoms with Gasteiger partial charge >= 0.3 is 0 Å². The molecule has 2 aromatic rings. The van der Waals surface area contributed by atoms with Crippen molar-refractivity contribution in [3.8, 4) is 0 Å². The van der Waals surface area contributed by atoms with Crippen LogP contribution in [0.2, 0.25) is 0 Å². The number of benzene rings is 1. The maximum Gasteiger partial charge on any atom is 0.226 e. The van der Waals surface area contributed by atoms with E-state index in [1.54, 1.807) is 0 Å². The van der Waals surface area contributed by atoms with E-state index in [2.05, 4.69) is 39.4 Å². The molecule has 1 N–H and O–H groups in total. The molecule has 28 heavy (non-hydrogen) atoms. The maximum atomic E-state index is 12.2. The molecule has 1 atom stereocenters. The van der Waals surface area contributed by atoms with Crippen LogP contribution in [0.25, 0.3) is 0 Å². The van der Waals surface area contributed by atoms with Gasteiger partial charge in [-0.1, -0.05) is 38.1 Å². The average molecular weight is 385 g/mol. The number of nitrogens with zero attached hydrogens (tertiary/aromatic N) is 3. The van der Waals surface area contributed by atoms with Gasteiger partial charge in [0.05, 0.1) is 0 Å². The SMILES string of the molecule is CC1CCCN(Cc2ccc(NC(=O)CCCc3nc(C(C)C)no3)cc2)C1. The van der Waals surface area contributed by atoms with Gasteiger partial charge in [0, 0.05) is 37.5 Å². The Morgan fingerprint density at radius 1 is 1.32 bits per heavy atom. The van der Waals surface area contributed by atoms with Crippen molar-refractivity contribution in [3.63, 3.8) is 0 Å². The lowest BCUT2D eigenvalue weighted by atomic mass is 10.00. The molecule has 1 unspecified atom stereocenters. The molecule has 152 valence electrons. The van der Waals surface area contributed by atoms with Crippen LogP contribution in [0, 0.1) is 5.92 Å². The second-order valence-corrected chi connectivity index (χ2v) is 8.28. The molecule has 0 spiro atoms. The van der Waals surface area contributed by atoms with Crippen LogP contribution in [-0.4, -0.2) is 34.0 Å². The standard InChI is InChI=1S/C22H32N4O2/c1-16(2)22-24-21(28-25-22)8-4-7-20(27)23-19-11-9-18(10-12-19)15-26-13-5-6-17(3)14-26/h9-12,16-17H,4-8,13-15H2,1-3H3,(H,23,27). The van der Waals surface area contributed by atoms with Crippen molar-refractivity contribution in [1.29, 1.82) is 0 Å². The van der Waals surface area contributed by atoms with Crippen LogP contribution in [-0.2, 0) is 17.8 Å². The summed E-state index contributed by atoms with van der Waals surface area (Å²) in [6, 6.07) is 8.21. The highest BCUT2D eigenvalue weighted by Crippen LogP contribution is 2.19. The van der Waals surface area contributed by atoms with E-state index in [1.165, 1.54) is 31.5 Å². The first-order valence-corrected chi connectivity index (χ1v) is 10.4. The highest BCUT2D eigenvalue weighted by molar-refractivity contribution is 5.90. The molecule has 1 aliphatic heterocycles. The van der Waals surface area contributed by atoms with Gasteiger partial charge in [-0.2, -0.15) is 4.98 Å². The van der Waals surface area contributed by atoms with Crippen molar-refractivity contribution in [3.05, 3.63) is 41.5 Å². The van der Waals surface area contributed by atoms with Crippen LogP contribution in [0.5, 0.6) is 0 Å². The number of hydrogen-bond acceptors (Lipinski definition) is 5. The molecule has 1 amide bonds. The number of hydrogen-bond donors (Lipinski definition) is 1. The third kappa shape index (κ3) is 6.16. The Balaban J connectivity index is 1.40. The fraction of sp³-hybridized carbons (Fsp3) is 0.591. The summed E-state index contributed by atoms with van der Waals surface area (Å²) in [4.78, 5) is 19.0. The number of aromatic nitrogens is 2. The van der Waals surface area contributed by atoms with Crippen LogP contribution < -0.4 is 5.32 Å². The molecule has 6 nitrogen and oxygen atoms in total. The summed E-state index contributed by atoms with van der Waals surface area (Å²) >= 11 is 0. The van der Waals surface area contributed by atoms with E-state index >= 15 is 0 Å². The van der Waals surface area contributed by atoms with Gasteiger partial charge in [-0.25, -0.2) is 0 Å². The molecule has 1 aromatic carbocycles. The van der Waals surface area contributed by atoms with Gasteiger partial charge in [-0.15, -0.1) is 0 Å². The molecule has 0 saturated carbocycles. The van der Waals surface area contributed by atoms with E-state index in [0.717, 1.165) is 24.0 Å². The highest BCUT2D eigenvalue weighted by atomic mass is 16.5. The lowest BCUT2D eigenvalue weighted by Crippen LogP contribution is -2.33. The van der Waals surface area contributed by atoms with Gasteiger partial charge in [0.2, 0.25) is 11.8 Å².